The van der Waals surface area contributed by atoms with E-state index in [-0.39, 0.29) is 11.9 Å². The van der Waals surface area contributed by atoms with E-state index >= 15 is 0 Å². The Balaban J connectivity index is 1.58. The Bertz CT molecular complexity index is 869. The van der Waals surface area contributed by atoms with E-state index in [1.807, 2.05) is 37.3 Å². The third kappa shape index (κ3) is 6.82. The predicted octanol–water partition coefficient (Wildman–Crippen LogP) is 4.34. The van der Waals surface area contributed by atoms with Crippen LogP contribution in [0.5, 0.6) is 0 Å². The second kappa shape index (κ2) is 11.2. The first-order valence-electron chi connectivity index (χ1n) is 10.9. The average molecular weight is 462 g/mol. The molecule has 1 aromatic carbocycles. The molecule has 1 fully saturated rings. The van der Waals surface area contributed by atoms with E-state index in [4.69, 9.17) is 16.6 Å². The molecule has 1 amide bonds. The smallest absolute Gasteiger partial charge is 0.251 e. The van der Waals surface area contributed by atoms with Gasteiger partial charge in [-0.1, -0.05) is 56.3 Å². The van der Waals surface area contributed by atoms with Gasteiger partial charge in [-0.25, -0.2) is 9.97 Å². The fraction of sp³-hybridized carbons (Fsp3) is 0.522. The van der Waals surface area contributed by atoms with Crippen molar-refractivity contribution in [3.05, 3.63) is 46.6 Å². The first-order chi connectivity index (χ1) is 14.9. The van der Waals surface area contributed by atoms with E-state index < -0.39 is 0 Å². The molecule has 168 valence electrons. The van der Waals surface area contributed by atoms with E-state index in [2.05, 4.69) is 40.9 Å². The predicted molar refractivity (Wildman–Crippen MR) is 129 cm³/mol. The highest BCUT2D eigenvalue weighted by molar-refractivity contribution is 7.98. The fourth-order valence-corrected chi connectivity index (χ4v) is 4.30. The molecule has 1 N–H and O–H groups in total. The number of nitrogens with zero attached hydrogens (tertiary/aromatic N) is 4. The zero-order valence-electron chi connectivity index (χ0n) is 18.8. The molecule has 8 heteroatoms. The van der Waals surface area contributed by atoms with Gasteiger partial charge < -0.3 is 15.1 Å². The molecule has 0 radical (unpaired) electrons. The molecule has 1 aliphatic heterocycles. The number of amides is 1. The van der Waals surface area contributed by atoms with Crippen LogP contribution in [-0.2, 0) is 5.75 Å². The highest BCUT2D eigenvalue weighted by Crippen LogP contribution is 2.25. The van der Waals surface area contributed by atoms with Crippen LogP contribution >= 0.6 is 23.4 Å². The normalized spacial score (nSPS) is 15.9. The van der Waals surface area contributed by atoms with Gasteiger partial charge in [0.2, 0.25) is 0 Å². The Hall–Kier alpha value is -1.83. The minimum absolute atomic E-state index is 0.0358. The van der Waals surface area contributed by atoms with Gasteiger partial charge in [0.1, 0.15) is 11.0 Å². The lowest BCUT2D eigenvalue weighted by molar-refractivity contribution is 0.0930. The zero-order chi connectivity index (χ0) is 22.4. The van der Waals surface area contributed by atoms with Gasteiger partial charge in [-0.2, -0.15) is 0 Å². The molecule has 1 aromatic heterocycles. The lowest BCUT2D eigenvalue weighted by atomic mass is 10.1. The number of likely N-dealkylation sites (N-methyl/N-ethyl adjacent to an activating group) is 1. The number of halogens is 1. The van der Waals surface area contributed by atoms with Crippen molar-refractivity contribution in [1.29, 1.82) is 0 Å². The summed E-state index contributed by atoms with van der Waals surface area (Å²) >= 11 is 7.84. The fourth-order valence-electron chi connectivity index (χ4n) is 3.26. The second-order valence-corrected chi connectivity index (χ2v) is 9.57. The van der Waals surface area contributed by atoms with E-state index in [1.165, 1.54) is 0 Å². The summed E-state index contributed by atoms with van der Waals surface area (Å²) in [5, 5.41) is 4.18. The van der Waals surface area contributed by atoms with Crippen molar-refractivity contribution in [3.63, 3.8) is 0 Å². The molecule has 0 aliphatic carbocycles. The summed E-state index contributed by atoms with van der Waals surface area (Å²) in [4.78, 5) is 26.2. The summed E-state index contributed by atoms with van der Waals surface area (Å²) < 4.78 is 0. The number of carbonyl (C=O) groups excluding carboxylic acids is 1. The average Bonchev–Trinajstić information content (AvgIpc) is 2.77. The summed E-state index contributed by atoms with van der Waals surface area (Å²) in [6.07, 6.45) is 0. The molecule has 0 saturated carbocycles. The van der Waals surface area contributed by atoms with Crippen molar-refractivity contribution in [1.82, 2.24) is 20.2 Å². The molecular formula is C23H32ClN5OS. The number of hydrogen-bond acceptors (Lipinski definition) is 6. The van der Waals surface area contributed by atoms with Crippen LogP contribution in [-0.4, -0.2) is 59.5 Å². The number of carbonyl (C=O) groups is 1. The molecule has 6 nitrogen and oxygen atoms in total. The van der Waals surface area contributed by atoms with Gasteiger partial charge in [0.05, 0.1) is 0 Å². The maximum Gasteiger partial charge on any atom is 0.251 e. The first kappa shape index (κ1) is 23.8. The quantitative estimate of drug-likeness (QED) is 0.358. The van der Waals surface area contributed by atoms with Gasteiger partial charge in [-0.3, -0.25) is 4.79 Å². The molecule has 1 aliphatic rings. The van der Waals surface area contributed by atoms with Crippen LogP contribution in [0.1, 0.15) is 43.6 Å². The van der Waals surface area contributed by atoms with E-state index in [1.54, 1.807) is 11.8 Å². The summed E-state index contributed by atoms with van der Waals surface area (Å²) in [6.45, 7) is 13.5. The molecule has 2 heterocycles. The molecule has 1 saturated heterocycles. The third-order valence-corrected chi connectivity index (χ3v) is 6.86. The van der Waals surface area contributed by atoms with Crippen LogP contribution in [0, 0.1) is 5.92 Å². The van der Waals surface area contributed by atoms with Crippen LogP contribution in [0.25, 0.3) is 0 Å². The van der Waals surface area contributed by atoms with Gasteiger partial charge in [-0.05, 0) is 37.1 Å². The van der Waals surface area contributed by atoms with Crippen LogP contribution in [0.3, 0.4) is 0 Å². The van der Waals surface area contributed by atoms with Crippen LogP contribution in [0.2, 0.25) is 5.15 Å². The Morgan fingerprint density at radius 2 is 1.81 bits per heavy atom. The first-order valence-corrected chi connectivity index (χ1v) is 12.3. The van der Waals surface area contributed by atoms with Crippen molar-refractivity contribution in [2.75, 3.05) is 37.6 Å². The van der Waals surface area contributed by atoms with Crippen LogP contribution in [0.15, 0.2) is 35.5 Å². The Labute approximate surface area is 194 Å². The number of nitrogens with one attached hydrogen (secondary N) is 1. The van der Waals surface area contributed by atoms with Crippen molar-refractivity contribution in [3.8, 4) is 0 Å². The molecule has 31 heavy (non-hydrogen) atoms. The summed E-state index contributed by atoms with van der Waals surface area (Å²) in [5.41, 5.74) is 1.79. The number of thioether (sulfide) groups is 1. The lowest BCUT2D eigenvalue weighted by Crippen LogP contribution is -2.46. The summed E-state index contributed by atoms with van der Waals surface area (Å²) in [6, 6.07) is 9.70. The van der Waals surface area contributed by atoms with Crippen molar-refractivity contribution >= 4 is 35.1 Å². The Morgan fingerprint density at radius 1 is 1.13 bits per heavy atom. The Morgan fingerprint density at radius 3 is 2.42 bits per heavy atom. The monoisotopic (exact) mass is 461 g/mol. The topological polar surface area (TPSA) is 61.4 Å². The van der Waals surface area contributed by atoms with Gasteiger partial charge in [-0.15, -0.1) is 0 Å². The third-order valence-electron chi connectivity index (χ3n) is 5.75. The number of aromatic nitrogens is 2. The number of benzene rings is 1. The minimum atomic E-state index is -0.0358. The standard InChI is InChI=1S/C23H32ClN5OS/c1-5-28-10-12-29(13-11-28)21-14-20(24)26-23(27-21)31-15-18-6-8-19(9-7-18)22(30)25-17(4)16(2)3/h6-9,14,16-17H,5,10-13,15H2,1-4H3,(H,25,30). The van der Waals surface area contributed by atoms with E-state index in [9.17, 15) is 4.79 Å². The van der Waals surface area contributed by atoms with Crippen LogP contribution in [0.4, 0.5) is 5.82 Å². The SMILES string of the molecule is CCN1CCN(c2cc(Cl)nc(SCc3ccc(C(=O)NC(C)C(C)C)cc3)n2)CC1. The number of hydrogen-bond donors (Lipinski definition) is 1. The molecular weight excluding hydrogens is 430 g/mol. The largest absolute Gasteiger partial charge is 0.354 e. The highest BCUT2D eigenvalue weighted by Gasteiger charge is 2.18. The van der Waals surface area contributed by atoms with Gasteiger partial charge in [0, 0.05) is 49.6 Å². The minimum Gasteiger partial charge on any atom is -0.354 e. The maximum absolute atomic E-state index is 12.4. The van der Waals surface area contributed by atoms with Crippen molar-refractivity contribution < 1.29 is 4.79 Å². The van der Waals surface area contributed by atoms with Gasteiger partial charge in [0.25, 0.3) is 5.91 Å². The van der Waals surface area contributed by atoms with E-state index in [0.29, 0.717) is 27.5 Å². The molecule has 3 rings (SSSR count). The number of piperazine rings is 1. The van der Waals surface area contributed by atoms with Gasteiger partial charge in [0.15, 0.2) is 5.16 Å². The molecule has 0 spiro atoms. The Kier molecular flexibility index (Phi) is 8.58. The van der Waals surface area contributed by atoms with Crippen molar-refractivity contribution in [2.45, 2.75) is 44.6 Å². The highest BCUT2D eigenvalue weighted by atomic mass is 35.5. The number of anilines is 1. The lowest BCUT2D eigenvalue weighted by Gasteiger charge is -2.34. The summed E-state index contributed by atoms with van der Waals surface area (Å²) in [7, 11) is 0. The van der Waals surface area contributed by atoms with Crippen molar-refractivity contribution in [2.24, 2.45) is 5.92 Å². The molecule has 2 aromatic rings. The van der Waals surface area contributed by atoms with Crippen LogP contribution < -0.4 is 10.2 Å². The molecule has 0 bridgehead atoms. The number of rotatable bonds is 8. The van der Waals surface area contributed by atoms with Gasteiger partial charge >= 0.3 is 0 Å². The molecule has 1 atom stereocenters. The van der Waals surface area contributed by atoms with E-state index in [0.717, 1.165) is 44.1 Å². The maximum atomic E-state index is 12.4. The molecule has 1 unspecified atom stereocenters. The zero-order valence-corrected chi connectivity index (χ0v) is 20.3. The second-order valence-electron chi connectivity index (χ2n) is 8.24. The summed E-state index contributed by atoms with van der Waals surface area (Å²) in [5.74, 6) is 1.97.